The van der Waals surface area contributed by atoms with Gasteiger partial charge in [0.25, 0.3) is 0 Å². The molecule has 3 rings (SSSR count). The fourth-order valence-corrected chi connectivity index (χ4v) is 3.72. The van der Waals surface area contributed by atoms with Gasteiger partial charge in [-0.2, -0.15) is 0 Å². The summed E-state index contributed by atoms with van der Waals surface area (Å²) in [6, 6.07) is 6.55. The van der Waals surface area contributed by atoms with Crippen LogP contribution in [0.25, 0.3) is 10.6 Å². The molecule has 1 aromatic carbocycles. The molecule has 1 aromatic heterocycles. The molecule has 1 aliphatic rings. The molecule has 2 aromatic rings. The number of piperazine rings is 1. The molecule has 5 nitrogen and oxygen atoms in total. The lowest BCUT2D eigenvalue weighted by Gasteiger charge is -2.33. The third-order valence-corrected chi connectivity index (χ3v) is 5.21. The molecule has 0 bridgehead atoms. The molecule has 6 heteroatoms. The van der Waals surface area contributed by atoms with Crippen LogP contribution >= 0.6 is 11.3 Å². The number of nitrogens with one attached hydrogen (secondary N) is 1. The van der Waals surface area contributed by atoms with E-state index in [1.54, 1.807) is 18.4 Å². The minimum Gasteiger partial charge on any atom is -0.493 e. The summed E-state index contributed by atoms with van der Waals surface area (Å²) in [4.78, 5) is 7.30. The summed E-state index contributed by atoms with van der Waals surface area (Å²) in [6.07, 6.45) is 0. The number of nitrogens with zero attached hydrogens (tertiary/aromatic N) is 2. The molecule has 0 spiro atoms. The molecular formula is C18H25N3O2S. The Bertz CT molecular complexity index is 674. The van der Waals surface area contributed by atoms with Crippen LogP contribution in [0.3, 0.4) is 0 Å². The van der Waals surface area contributed by atoms with Gasteiger partial charge in [0.2, 0.25) is 0 Å². The monoisotopic (exact) mass is 347 g/mol. The minimum absolute atomic E-state index is 0.550. The van der Waals surface area contributed by atoms with Crippen LogP contribution < -0.4 is 14.8 Å². The Morgan fingerprint density at radius 2 is 2.25 bits per heavy atom. The van der Waals surface area contributed by atoms with Crippen molar-refractivity contribution in [1.82, 2.24) is 15.2 Å². The topological polar surface area (TPSA) is 46.6 Å². The van der Waals surface area contributed by atoms with E-state index in [0.29, 0.717) is 12.6 Å². The minimum atomic E-state index is 0.550. The van der Waals surface area contributed by atoms with Crippen molar-refractivity contribution in [2.75, 3.05) is 33.4 Å². The van der Waals surface area contributed by atoms with Crippen molar-refractivity contribution >= 4 is 11.3 Å². The maximum atomic E-state index is 5.58. The molecule has 2 heterocycles. The Hall–Kier alpha value is -1.63. The first-order valence-corrected chi connectivity index (χ1v) is 9.29. The first-order valence-electron chi connectivity index (χ1n) is 8.41. The molecule has 0 amide bonds. The van der Waals surface area contributed by atoms with Gasteiger partial charge in [0.05, 0.1) is 19.4 Å². The first kappa shape index (κ1) is 17.2. The third-order valence-electron chi connectivity index (χ3n) is 4.27. The zero-order valence-corrected chi connectivity index (χ0v) is 15.4. The maximum Gasteiger partial charge on any atom is 0.161 e. The van der Waals surface area contributed by atoms with Crippen LogP contribution in [0.1, 0.15) is 19.5 Å². The van der Waals surface area contributed by atoms with Gasteiger partial charge in [0.1, 0.15) is 5.01 Å². The quantitative estimate of drug-likeness (QED) is 0.870. The number of hydrogen-bond donors (Lipinski definition) is 1. The van der Waals surface area contributed by atoms with E-state index in [0.717, 1.165) is 53.9 Å². The molecule has 1 aliphatic heterocycles. The van der Waals surface area contributed by atoms with Crippen LogP contribution in [0, 0.1) is 0 Å². The summed E-state index contributed by atoms with van der Waals surface area (Å²) in [5, 5.41) is 6.61. The Morgan fingerprint density at radius 1 is 1.38 bits per heavy atom. The molecule has 0 unspecified atom stereocenters. The van der Waals surface area contributed by atoms with Crippen LogP contribution in [0.5, 0.6) is 11.5 Å². The number of aromatic nitrogens is 1. The summed E-state index contributed by atoms with van der Waals surface area (Å²) >= 11 is 1.68. The Morgan fingerprint density at radius 3 is 3.00 bits per heavy atom. The largest absolute Gasteiger partial charge is 0.493 e. The molecule has 0 saturated carbocycles. The van der Waals surface area contributed by atoms with E-state index in [1.165, 1.54) is 0 Å². The molecule has 1 atom stereocenters. The highest BCUT2D eigenvalue weighted by atomic mass is 32.1. The molecular weight excluding hydrogens is 322 g/mol. The summed E-state index contributed by atoms with van der Waals surface area (Å²) in [7, 11) is 1.67. The predicted molar refractivity (Wildman–Crippen MR) is 98.0 cm³/mol. The second-order valence-electron chi connectivity index (χ2n) is 5.97. The van der Waals surface area contributed by atoms with Crippen molar-refractivity contribution in [2.24, 2.45) is 0 Å². The summed E-state index contributed by atoms with van der Waals surface area (Å²) in [5.41, 5.74) is 2.21. The average molecular weight is 347 g/mol. The number of rotatable bonds is 6. The lowest BCUT2D eigenvalue weighted by atomic mass is 10.2. The zero-order valence-electron chi connectivity index (χ0n) is 14.5. The van der Waals surface area contributed by atoms with Gasteiger partial charge in [-0.1, -0.05) is 0 Å². The zero-order chi connectivity index (χ0) is 16.9. The van der Waals surface area contributed by atoms with Gasteiger partial charge in [0, 0.05) is 43.2 Å². The van der Waals surface area contributed by atoms with E-state index in [9.17, 15) is 0 Å². The van der Waals surface area contributed by atoms with Gasteiger partial charge in [-0.05, 0) is 32.0 Å². The van der Waals surface area contributed by atoms with E-state index in [1.807, 2.05) is 25.1 Å². The van der Waals surface area contributed by atoms with Crippen molar-refractivity contribution in [1.29, 1.82) is 0 Å². The predicted octanol–water partition coefficient (Wildman–Crippen LogP) is 3.01. The van der Waals surface area contributed by atoms with Crippen LogP contribution in [0.2, 0.25) is 0 Å². The van der Waals surface area contributed by atoms with Gasteiger partial charge < -0.3 is 14.8 Å². The van der Waals surface area contributed by atoms with Crippen molar-refractivity contribution in [3.8, 4) is 22.1 Å². The smallest absolute Gasteiger partial charge is 0.161 e. The van der Waals surface area contributed by atoms with Crippen LogP contribution in [0.15, 0.2) is 23.6 Å². The lowest BCUT2D eigenvalue weighted by Crippen LogP contribution is -2.49. The number of hydrogen-bond acceptors (Lipinski definition) is 6. The fourth-order valence-electron chi connectivity index (χ4n) is 2.91. The first-order chi connectivity index (χ1) is 11.7. The van der Waals surface area contributed by atoms with Crippen LogP contribution in [-0.4, -0.2) is 49.3 Å². The highest BCUT2D eigenvalue weighted by Crippen LogP contribution is 2.34. The highest BCUT2D eigenvalue weighted by Gasteiger charge is 2.19. The second-order valence-corrected chi connectivity index (χ2v) is 6.82. The number of ether oxygens (including phenoxy) is 2. The molecule has 24 heavy (non-hydrogen) atoms. The number of benzene rings is 1. The second kappa shape index (κ2) is 7.96. The van der Waals surface area contributed by atoms with Crippen molar-refractivity contribution in [3.63, 3.8) is 0 Å². The number of thiazole rings is 1. The molecule has 0 aliphatic carbocycles. The molecule has 1 N–H and O–H groups in total. The van der Waals surface area contributed by atoms with E-state index in [-0.39, 0.29) is 0 Å². The van der Waals surface area contributed by atoms with E-state index in [2.05, 4.69) is 22.5 Å². The Labute approximate surface area is 147 Å². The Balaban J connectivity index is 1.75. The van der Waals surface area contributed by atoms with Gasteiger partial charge in [0.15, 0.2) is 11.5 Å². The van der Waals surface area contributed by atoms with Gasteiger partial charge >= 0.3 is 0 Å². The highest BCUT2D eigenvalue weighted by molar-refractivity contribution is 7.13. The average Bonchev–Trinajstić information content (AvgIpc) is 3.06. The van der Waals surface area contributed by atoms with E-state index >= 15 is 0 Å². The van der Waals surface area contributed by atoms with E-state index in [4.69, 9.17) is 14.5 Å². The van der Waals surface area contributed by atoms with Gasteiger partial charge in [-0.25, -0.2) is 4.98 Å². The van der Waals surface area contributed by atoms with Crippen LogP contribution in [0.4, 0.5) is 0 Å². The standard InChI is InChI=1S/C18H25N3O2S/c1-4-23-16-6-5-14(9-17(16)22-3)18-20-15(12-24-18)11-21-8-7-19-10-13(21)2/h5-6,9,12-13,19H,4,7-8,10-11H2,1-3H3/t13-/m0/s1. The van der Waals surface area contributed by atoms with E-state index < -0.39 is 0 Å². The maximum absolute atomic E-state index is 5.58. The molecule has 130 valence electrons. The Kier molecular flexibility index (Phi) is 5.71. The summed E-state index contributed by atoms with van der Waals surface area (Å²) in [6.45, 7) is 8.94. The van der Waals surface area contributed by atoms with Crippen LogP contribution in [-0.2, 0) is 6.54 Å². The van der Waals surface area contributed by atoms with Crippen molar-refractivity contribution in [3.05, 3.63) is 29.3 Å². The molecule has 1 fully saturated rings. The normalized spacial score (nSPS) is 18.5. The molecule has 0 radical (unpaired) electrons. The number of methoxy groups -OCH3 is 1. The summed E-state index contributed by atoms with van der Waals surface area (Å²) in [5.74, 6) is 1.52. The summed E-state index contributed by atoms with van der Waals surface area (Å²) < 4.78 is 11.0. The van der Waals surface area contributed by atoms with Crippen molar-refractivity contribution < 1.29 is 9.47 Å². The third kappa shape index (κ3) is 3.88. The lowest BCUT2D eigenvalue weighted by molar-refractivity contribution is 0.164. The molecule has 1 saturated heterocycles. The van der Waals surface area contributed by atoms with Crippen molar-refractivity contribution in [2.45, 2.75) is 26.4 Å². The van der Waals surface area contributed by atoms with Gasteiger partial charge in [-0.15, -0.1) is 11.3 Å². The SMILES string of the molecule is CCOc1ccc(-c2nc(CN3CCNC[C@@H]3C)cs2)cc1OC. The fraction of sp³-hybridized carbons (Fsp3) is 0.500. The van der Waals surface area contributed by atoms with Gasteiger partial charge in [-0.3, -0.25) is 4.90 Å².